The van der Waals surface area contributed by atoms with Crippen molar-refractivity contribution in [3.63, 3.8) is 0 Å². The number of hydrogen-bond donors (Lipinski definition) is 1. The van der Waals surface area contributed by atoms with E-state index in [-0.39, 0.29) is 0 Å². The van der Waals surface area contributed by atoms with E-state index in [1.165, 1.54) is 6.33 Å². The van der Waals surface area contributed by atoms with E-state index in [9.17, 15) is 4.79 Å². The lowest BCUT2D eigenvalue weighted by Crippen LogP contribution is -2.29. The fraction of sp³-hybridized carbons (Fsp3) is 0.292. The van der Waals surface area contributed by atoms with E-state index in [1.54, 1.807) is 11.8 Å². The molecule has 2 aromatic carbocycles. The molecule has 1 aliphatic heterocycles. The molecule has 0 spiro atoms. The first-order chi connectivity index (χ1) is 16.0. The first-order valence-corrected chi connectivity index (χ1v) is 11.0. The summed E-state index contributed by atoms with van der Waals surface area (Å²) in [7, 11) is 1.58. The van der Waals surface area contributed by atoms with Gasteiger partial charge in [0.2, 0.25) is 5.95 Å². The zero-order valence-corrected chi connectivity index (χ0v) is 19.4. The van der Waals surface area contributed by atoms with Crippen molar-refractivity contribution >= 4 is 23.5 Å². The van der Waals surface area contributed by atoms with Crippen LogP contribution in [0.1, 0.15) is 37.4 Å². The van der Waals surface area contributed by atoms with E-state index < -0.39 is 12.0 Å². The number of nitrogens with zero attached hydrogens (tertiary/aromatic N) is 3. The summed E-state index contributed by atoms with van der Waals surface area (Å²) >= 11 is 5.95. The Kier molecular flexibility index (Phi) is 6.84. The van der Waals surface area contributed by atoms with Crippen LogP contribution in [0, 0.1) is 0 Å². The van der Waals surface area contributed by atoms with Gasteiger partial charge in [-0.15, -0.1) is 0 Å². The number of methoxy groups -OCH3 is 1. The van der Waals surface area contributed by atoms with Gasteiger partial charge in [0.15, 0.2) is 11.5 Å². The van der Waals surface area contributed by atoms with Gasteiger partial charge in [-0.1, -0.05) is 36.7 Å². The molecule has 3 aromatic rings. The number of anilines is 1. The van der Waals surface area contributed by atoms with Gasteiger partial charge in [-0.05, 0) is 48.7 Å². The Hall–Kier alpha value is -3.52. The molecule has 0 fully saturated rings. The van der Waals surface area contributed by atoms with Crippen molar-refractivity contribution in [2.45, 2.75) is 32.9 Å². The quantitative estimate of drug-likeness (QED) is 0.477. The van der Waals surface area contributed by atoms with E-state index in [2.05, 4.69) is 15.4 Å². The smallest absolute Gasteiger partial charge is 0.338 e. The minimum Gasteiger partial charge on any atom is -0.493 e. The molecule has 0 saturated carbocycles. The number of nitrogens with one attached hydrogen (secondary N) is 1. The third-order valence-electron chi connectivity index (χ3n) is 5.26. The average Bonchev–Trinajstić information content (AvgIpc) is 3.29. The zero-order chi connectivity index (χ0) is 23.4. The van der Waals surface area contributed by atoms with Crippen LogP contribution in [0.2, 0.25) is 5.02 Å². The normalized spacial score (nSPS) is 15.0. The van der Waals surface area contributed by atoms with Crippen LogP contribution in [-0.2, 0) is 16.1 Å². The van der Waals surface area contributed by atoms with Gasteiger partial charge in [0, 0.05) is 10.7 Å². The van der Waals surface area contributed by atoms with Gasteiger partial charge in [0.1, 0.15) is 19.0 Å². The van der Waals surface area contributed by atoms with Crippen molar-refractivity contribution in [3.05, 3.63) is 76.2 Å². The summed E-state index contributed by atoms with van der Waals surface area (Å²) in [6.45, 7) is 4.48. The molecular weight excluding hydrogens is 444 g/mol. The van der Waals surface area contributed by atoms with Crippen molar-refractivity contribution in [3.8, 4) is 11.5 Å². The molecule has 0 radical (unpaired) electrons. The fourth-order valence-electron chi connectivity index (χ4n) is 3.65. The molecule has 0 saturated heterocycles. The topological polar surface area (TPSA) is 87.5 Å². The second-order valence-electron chi connectivity index (χ2n) is 7.56. The highest BCUT2D eigenvalue weighted by Gasteiger charge is 2.34. The van der Waals surface area contributed by atoms with Crippen LogP contribution >= 0.6 is 11.6 Å². The maximum Gasteiger partial charge on any atom is 0.338 e. The number of benzene rings is 2. The number of rotatable bonds is 8. The Labute approximate surface area is 197 Å². The average molecular weight is 469 g/mol. The van der Waals surface area contributed by atoms with Crippen LogP contribution in [0.15, 0.2) is 60.1 Å². The van der Waals surface area contributed by atoms with Gasteiger partial charge >= 0.3 is 5.97 Å². The van der Waals surface area contributed by atoms with Crippen LogP contribution in [0.4, 0.5) is 5.95 Å². The molecule has 9 heteroatoms. The lowest BCUT2D eigenvalue weighted by Gasteiger charge is -2.28. The highest BCUT2D eigenvalue weighted by molar-refractivity contribution is 6.30. The number of esters is 1. The van der Waals surface area contributed by atoms with Gasteiger partial charge in [-0.3, -0.25) is 0 Å². The van der Waals surface area contributed by atoms with E-state index in [4.69, 9.17) is 25.8 Å². The van der Waals surface area contributed by atoms with Crippen molar-refractivity contribution in [2.24, 2.45) is 0 Å². The Balaban J connectivity index is 1.66. The van der Waals surface area contributed by atoms with Crippen LogP contribution in [-0.4, -0.2) is 34.5 Å². The van der Waals surface area contributed by atoms with E-state index in [0.29, 0.717) is 47.0 Å². The molecule has 1 unspecified atom stereocenters. The monoisotopic (exact) mass is 468 g/mol. The molecule has 0 aliphatic carbocycles. The summed E-state index contributed by atoms with van der Waals surface area (Å²) in [5.74, 6) is 1.28. The standard InChI is InChI=1S/C24H25ClN4O4/c1-4-11-32-23(30)21-15(2)28-24-26-14-27-29(24)22(21)17-7-10-19(20(12-17)31-3)33-13-16-5-8-18(25)9-6-16/h5-10,12,14,22H,4,11,13H2,1-3H3,(H,26,27,28). The summed E-state index contributed by atoms with van der Waals surface area (Å²) in [6, 6.07) is 12.5. The maximum atomic E-state index is 12.9. The van der Waals surface area contributed by atoms with E-state index >= 15 is 0 Å². The molecule has 0 bridgehead atoms. The minimum absolute atomic E-state index is 0.341. The Bertz CT molecular complexity index is 1170. The van der Waals surface area contributed by atoms with E-state index in [1.807, 2.05) is 56.3 Å². The first-order valence-electron chi connectivity index (χ1n) is 10.6. The summed E-state index contributed by atoms with van der Waals surface area (Å²) in [6.07, 6.45) is 2.18. The first kappa shape index (κ1) is 22.7. The molecule has 4 rings (SSSR count). The highest BCUT2D eigenvalue weighted by Crippen LogP contribution is 2.39. The van der Waals surface area contributed by atoms with E-state index in [0.717, 1.165) is 17.5 Å². The fourth-order valence-corrected chi connectivity index (χ4v) is 3.78. The summed E-state index contributed by atoms with van der Waals surface area (Å²) < 4.78 is 18.7. The van der Waals surface area contributed by atoms with Gasteiger partial charge in [0.05, 0.1) is 19.3 Å². The summed E-state index contributed by atoms with van der Waals surface area (Å²) in [5, 5.41) is 8.15. The van der Waals surface area contributed by atoms with Crippen LogP contribution in [0.5, 0.6) is 11.5 Å². The van der Waals surface area contributed by atoms with Crippen molar-refractivity contribution in [1.82, 2.24) is 14.8 Å². The molecule has 1 atom stereocenters. The van der Waals surface area contributed by atoms with Crippen LogP contribution in [0.3, 0.4) is 0 Å². The largest absolute Gasteiger partial charge is 0.493 e. The Morgan fingerprint density at radius 1 is 1.18 bits per heavy atom. The van der Waals surface area contributed by atoms with Crippen molar-refractivity contribution in [2.75, 3.05) is 19.0 Å². The molecule has 8 nitrogen and oxygen atoms in total. The summed E-state index contributed by atoms with van der Waals surface area (Å²) in [5.41, 5.74) is 2.92. The maximum absolute atomic E-state index is 12.9. The number of fused-ring (bicyclic) bond motifs is 1. The lowest BCUT2D eigenvalue weighted by atomic mass is 9.95. The molecule has 1 N–H and O–H groups in total. The molecule has 2 heterocycles. The molecule has 172 valence electrons. The van der Waals surface area contributed by atoms with Gasteiger partial charge < -0.3 is 19.5 Å². The second-order valence-corrected chi connectivity index (χ2v) is 7.99. The lowest BCUT2D eigenvalue weighted by molar-refractivity contribution is -0.139. The zero-order valence-electron chi connectivity index (χ0n) is 18.7. The minimum atomic E-state index is -0.521. The number of carbonyl (C=O) groups is 1. The number of aromatic nitrogens is 3. The molecule has 33 heavy (non-hydrogen) atoms. The van der Waals surface area contributed by atoms with Gasteiger partial charge in [-0.25, -0.2) is 9.48 Å². The predicted octanol–water partition coefficient (Wildman–Crippen LogP) is 4.76. The van der Waals surface area contributed by atoms with Crippen LogP contribution in [0.25, 0.3) is 0 Å². The number of halogens is 1. The molecule has 1 aromatic heterocycles. The predicted molar refractivity (Wildman–Crippen MR) is 125 cm³/mol. The molecular formula is C24H25ClN4O4. The number of allylic oxidation sites excluding steroid dienone is 1. The summed E-state index contributed by atoms with van der Waals surface area (Å²) in [4.78, 5) is 17.2. The highest BCUT2D eigenvalue weighted by atomic mass is 35.5. The van der Waals surface area contributed by atoms with Crippen molar-refractivity contribution < 1.29 is 19.0 Å². The Morgan fingerprint density at radius 2 is 1.97 bits per heavy atom. The van der Waals surface area contributed by atoms with Crippen LogP contribution < -0.4 is 14.8 Å². The SMILES string of the molecule is CCCOC(=O)C1=C(C)Nc2ncnn2C1c1ccc(OCc2ccc(Cl)cc2)c(OC)c1. The van der Waals surface area contributed by atoms with Gasteiger partial charge in [0.25, 0.3) is 0 Å². The molecule has 0 amide bonds. The molecule has 1 aliphatic rings. The number of carbonyl (C=O) groups excluding carboxylic acids is 1. The van der Waals surface area contributed by atoms with Crippen molar-refractivity contribution in [1.29, 1.82) is 0 Å². The van der Waals surface area contributed by atoms with Gasteiger partial charge in [-0.2, -0.15) is 10.1 Å². The number of hydrogen-bond acceptors (Lipinski definition) is 7. The third kappa shape index (κ3) is 4.80. The third-order valence-corrected chi connectivity index (χ3v) is 5.51. The second kappa shape index (κ2) is 9.95. The Morgan fingerprint density at radius 3 is 2.70 bits per heavy atom. The number of ether oxygens (including phenoxy) is 3.